The van der Waals surface area contributed by atoms with Gasteiger partial charge in [0.25, 0.3) is 0 Å². The van der Waals surface area contributed by atoms with E-state index in [4.69, 9.17) is 14.6 Å². The van der Waals surface area contributed by atoms with E-state index in [0.717, 1.165) is 55.1 Å². The fourth-order valence-electron chi connectivity index (χ4n) is 4.22. The summed E-state index contributed by atoms with van der Waals surface area (Å²) in [6.45, 7) is 8.94. The van der Waals surface area contributed by atoms with Crippen molar-refractivity contribution in [2.24, 2.45) is 0 Å². The molecule has 1 aromatic heterocycles. The van der Waals surface area contributed by atoms with E-state index in [0.29, 0.717) is 19.0 Å². The fraction of sp³-hybridized carbons (Fsp3) is 0.444. The van der Waals surface area contributed by atoms with Crippen LogP contribution >= 0.6 is 0 Å². The quantitative estimate of drug-likeness (QED) is 0.470. The van der Waals surface area contributed by atoms with Gasteiger partial charge in [0.05, 0.1) is 29.2 Å². The smallest absolute Gasteiger partial charge is 0.227 e. The van der Waals surface area contributed by atoms with Crippen molar-refractivity contribution in [2.45, 2.75) is 58.8 Å². The third-order valence-corrected chi connectivity index (χ3v) is 6.18. The number of aliphatic hydroxyl groups is 1. The Labute approximate surface area is 196 Å². The van der Waals surface area contributed by atoms with Crippen LogP contribution in [0, 0.1) is 13.8 Å². The minimum Gasteiger partial charge on any atom is -0.439 e. The number of hydrogen-bond donors (Lipinski definition) is 1. The molecule has 6 heteroatoms. The molecule has 1 N–H and O–H groups in total. The molecule has 2 aromatic carbocycles. The first-order valence-electron chi connectivity index (χ1n) is 11.9. The van der Waals surface area contributed by atoms with Gasteiger partial charge in [-0.25, -0.2) is 4.68 Å². The molecule has 1 fully saturated rings. The standard InChI is InChI=1S/C27H35N3O3/c1-4-23(31)17-29(18-25-11-8-16-32-25)19-26-21(3)28-30(22-9-6-5-7-10-22)27(26)33-24-14-12-20(2)13-15-24/h5-7,9-10,12-15,23,25,31H,4,8,11,16-19H2,1-3H3. The second-order valence-electron chi connectivity index (χ2n) is 8.92. The van der Waals surface area contributed by atoms with Crippen molar-refractivity contribution >= 4 is 0 Å². The second kappa shape index (κ2) is 11.0. The molecule has 2 atom stereocenters. The molecule has 3 aromatic rings. The van der Waals surface area contributed by atoms with Crippen LogP contribution in [0.2, 0.25) is 0 Å². The summed E-state index contributed by atoms with van der Waals surface area (Å²) in [6.07, 6.45) is 2.71. The number of aliphatic hydroxyl groups excluding tert-OH is 1. The number of aromatic nitrogens is 2. The molecule has 2 unspecified atom stereocenters. The largest absolute Gasteiger partial charge is 0.439 e. The normalized spacial score (nSPS) is 16.9. The lowest BCUT2D eigenvalue weighted by molar-refractivity contribution is 0.0451. The Bertz CT molecular complexity index is 1010. The Hall–Kier alpha value is -2.67. The summed E-state index contributed by atoms with van der Waals surface area (Å²) in [5.41, 5.74) is 4.09. The lowest BCUT2D eigenvalue weighted by Crippen LogP contribution is -2.37. The maximum absolute atomic E-state index is 10.4. The summed E-state index contributed by atoms with van der Waals surface area (Å²) in [6, 6.07) is 18.1. The topological polar surface area (TPSA) is 59.8 Å². The van der Waals surface area contributed by atoms with E-state index < -0.39 is 0 Å². The van der Waals surface area contributed by atoms with Gasteiger partial charge in [-0.2, -0.15) is 5.10 Å². The van der Waals surface area contributed by atoms with Crippen molar-refractivity contribution in [3.63, 3.8) is 0 Å². The van der Waals surface area contributed by atoms with Gasteiger partial charge in [0.15, 0.2) is 0 Å². The first-order chi connectivity index (χ1) is 16.0. The van der Waals surface area contributed by atoms with Gasteiger partial charge in [0.1, 0.15) is 5.75 Å². The van der Waals surface area contributed by atoms with E-state index in [-0.39, 0.29) is 12.2 Å². The fourth-order valence-corrected chi connectivity index (χ4v) is 4.22. The molecule has 0 spiro atoms. The predicted molar refractivity (Wildman–Crippen MR) is 130 cm³/mol. The van der Waals surface area contributed by atoms with E-state index in [1.54, 1.807) is 0 Å². The molecule has 1 saturated heterocycles. The highest BCUT2D eigenvalue weighted by atomic mass is 16.5. The molecule has 0 saturated carbocycles. The van der Waals surface area contributed by atoms with Gasteiger partial charge in [-0.05, 0) is 57.4 Å². The summed E-state index contributed by atoms with van der Waals surface area (Å²) in [5, 5.41) is 15.3. The van der Waals surface area contributed by atoms with Crippen molar-refractivity contribution < 1.29 is 14.6 Å². The molecule has 1 aliphatic rings. The zero-order valence-electron chi connectivity index (χ0n) is 19.9. The Morgan fingerprint density at radius 2 is 1.91 bits per heavy atom. The average Bonchev–Trinajstić information content (AvgIpc) is 3.44. The van der Waals surface area contributed by atoms with Crippen LogP contribution in [-0.2, 0) is 11.3 Å². The first kappa shape index (κ1) is 23.5. The number of rotatable bonds is 10. The van der Waals surface area contributed by atoms with Crippen LogP contribution in [0.25, 0.3) is 5.69 Å². The van der Waals surface area contributed by atoms with Gasteiger partial charge in [-0.1, -0.05) is 42.8 Å². The maximum Gasteiger partial charge on any atom is 0.227 e. The van der Waals surface area contributed by atoms with Crippen LogP contribution in [0.4, 0.5) is 0 Å². The minimum atomic E-state index is -0.377. The molecule has 1 aliphatic heterocycles. The molecule has 2 heterocycles. The SMILES string of the molecule is CCC(O)CN(Cc1c(C)nn(-c2ccccc2)c1Oc1ccc(C)cc1)CC1CCCO1. The van der Waals surface area contributed by atoms with Crippen molar-refractivity contribution in [1.82, 2.24) is 14.7 Å². The summed E-state index contributed by atoms with van der Waals surface area (Å²) >= 11 is 0. The molecule has 0 radical (unpaired) electrons. The number of aryl methyl sites for hydroxylation is 2. The van der Waals surface area contributed by atoms with Gasteiger partial charge in [0.2, 0.25) is 5.88 Å². The van der Waals surface area contributed by atoms with Gasteiger partial charge < -0.3 is 14.6 Å². The third kappa shape index (κ3) is 6.02. The number of para-hydroxylation sites is 1. The highest BCUT2D eigenvalue weighted by molar-refractivity contribution is 5.43. The highest BCUT2D eigenvalue weighted by Gasteiger charge is 2.25. The minimum absolute atomic E-state index is 0.208. The zero-order valence-corrected chi connectivity index (χ0v) is 19.9. The Morgan fingerprint density at radius 1 is 1.15 bits per heavy atom. The van der Waals surface area contributed by atoms with E-state index in [2.05, 4.69) is 11.8 Å². The van der Waals surface area contributed by atoms with Crippen LogP contribution in [0.1, 0.15) is 43.0 Å². The van der Waals surface area contributed by atoms with E-state index in [9.17, 15) is 5.11 Å². The van der Waals surface area contributed by atoms with Crippen molar-refractivity contribution in [1.29, 1.82) is 0 Å². The van der Waals surface area contributed by atoms with Crippen LogP contribution < -0.4 is 4.74 Å². The molecule has 6 nitrogen and oxygen atoms in total. The summed E-state index contributed by atoms with van der Waals surface area (Å²) in [7, 11) is 0. The molecular weight excluding hydrogens is 414 g/mol. The van der Waals surface area contributed by atoms with Crippen LogP contribution in [0.15, 0.2) is 54.6 Å². The number of benzene rings is 2. The molecule has 0 amide bonds. The molecule has 0 bridgehead atoms. The number of hydrogen-bond acceptors (Lipinski definition) is 5. The van der Waals surface area contributed by atoms with Crippen molar-refractivity contribution in [3.8, 4) is 17.3 Å². The number of nitrogens with zero attached hydrogens (tertiary/aromatic N) is 3. The van der Waals surface area contributed by atoms with Gasteiger partial charge in [-0.15, -0.1) is 0 Å². The monoisotopic (exact) mass is 449 g/mol. The van der Waals surface area contributed by atoms with Crippen LogP contribution in [0.3, 0.4) is 0 Å². The van der Waals surface area contributed by atoms with Crippen molar-refractivity contribution in [3.05, 3.63) is 71.4 Å². The highest BCUT2D eigenvalue weighted by Crippen LogP contribution is 2.32. The van der Waals surface area contributed by atoms with Crippen LogP contribution in [0.5, 0.6) is 11.6 Å². The predicted octanol–water partition coefficient (Wildman–Crippen LogP) is 5.03. The second-order valence-corrected chi connectivity index (χ2v) is 8.92. The Morgan fingerprint density at radius 3 is 2.58 bits per heavy atom. The van der Waals surface area contributed by atoms with Gasteiger partial charge >= 0.3 is 0 Å². The lowest BCUT2D eigenvalue weighted by Gasteiger charge is -2.27. The lowest BCUT2D eigenvalue weighted by atomic mass is 10.1. The Kier molecular flexibility index (Phi) is 7.81. The number of ether oxygens (including phenoxy) is 2. The third-order valence-electron chi connectivity index (χ3n) is 6.18. The molecular formula is C27H35N3O3. The molecule has 33 heavy (non-hydrogen) atoms. The van der Waals surface area contributed by atoms with Gasteiger partial charge in [-0.3, -0.25) is 4.90 Å². The van der Waals surface area contributed by atoms with Crippen molar-refractivity contribution in [2.75, 3.05) is 19.7 Å². The van der Waals surface area contributed by atoms with Crippen LogP contribution in [-0.4, -0.2) is 51.7 Å². The molecule has 0 aliphatic carbocycles. The summed E-state index contributed by atoms with van der Waals surface area (Å²) < 4.78 is 14.2. The van der Waals surface area contributed by atoms with E-state index >= 15 is 0 Å². The Balaban J connectivity index is 1.68. The van der Waals surface area contributed by atoms with E-state index in [1.165, 1.54) is 5.56 Å². The van der Waals surface area contributed by atoms with Gasteiger partial charge in [0, 0.05) is 26.2 Å². The van der Waals surface area contributed by atoms with E-state index in [1.807, 2.05) is 73.1 Å². The zero-order chi connectivity index (χ0) is 23.2. The first-order valence-corrected chi connectivity index (χ1v) is 11.9. The maximum atomic E-state index is 10.4. The average molecular weight is 450 g/mol. The molecule has 4 rings (SSSR count). The summed E-state index contributed by atoms with van der Waals surface area (Å²) in [4.78, 5) is 2.28. The molecule has 176 valence electrons. The summed E-state index contributed by atoms with van der Waals surface area (Å²) in [5.74, 6) is 1.49.